The number of piperidine rings is 1. The Labute approximate surface area is 189 Å². The number of amides is 1. The van der Waals surface area contributed by atoms with Crippen molar-refractivity contribution in [2.24, 2.45) is 7.05 Å². The molecule has 2 fully saturated rings. The molecular weight excluding hydrogens is 410 g/mol. The van der Waals surface area contributed by atoms with Gasteiger partial charge in [0.05, 0.1) is 18.4 Å². The Morgan fingerprint density at radius 2 is 1.65 bits per heavy atom. The van der Waals surface area contributed by atoms with E-state index in [0.29, 0.717) is 12.1 Å². The van der Waals surface area contributed by atoms with Gasteiger partial charge in [0.2, 0.25) is 0 Å². The fraction of sp³-hybridized carbons (Fsp3) is 0.400. The van der Waals surface area contributed by atoms with Gasteiger partial charge in [-0.25, -0.2) is 0 Å². The van der Waals surface area contributed by atoms with Crippen molar-refractivity contribution in [2.75, 3.05) is 14.2 Å². The Morgan fingerprint density at radius 1 is 1.00 bits per heavy atom. The molecule has 0 saturated carbocycles. The third-order valence-electron chi connectivity index (χ3n) is 7.13. The first-order valence-corrected chi connectivity index (χ1v) is 10.8. The normalized spacial score (nSPS) is 22.9. The molecule has 2 aliphatic heterocycles. The fourth-order valence-electron chi connectivity index (χ4n) is 5.50. The molecule has 0 spiro atoms. The van der Waals surface area contributed by atoms with Crippen molar-refractivity contribution < 1.29 is 9.53 Å². The lowest BCUT2D eigenvalue weighted by Crippen LogP contribution is -2.48. The van der Waals surface area contributed by atoms with Crippen molar-refractivity contribution in [1.29, 1.82) is 0 Å². The molecule has 3 aromatic rings. The van der Waals surface area contributed by atoms with E-state index in [0.717, 1.165) is 46.3 Å². The van der Waals surface area contributed by atoms with Gasteiger partial charge in [0.1, 0.15) is 5.75 Å². The molecule has 31 heavy (non-hydrogen) atoms. The minimum absolute atomic E-state index is 0. The van der Waals surface area contributed by atoms with Crippen molar-refractivity contribution in [3.63, 3.8) is 0 Å². The molecule has 5 nitrogen and oxygen atoms in total. The second-order valence-electron chi connectivity index (χ2n) is 8.72. The summed E-state index contributed by atoms with van der Waals surface area (Å²) in [6, 6.07) is 17.6. The molecule has 5 rings (SSSR count). The van der Waals surface area contributed by atoms with Gasteiger partial charge in [-0.1, -0.05) is 18.2 Å². The number of aryl methyl sites for hydroxylation is 1. The average Bonchev–Trinajstić information content (AvgIpc) is 3.15. The van der Waals surface area contributed by atoms with Gasteiger partial charge in [0.25, 0.3) is 5.91 Å². The lowest BCUT2D eigenvalue weighted by Gasteiger charge is -2.36. The van der Waals surface area contributed by atoms with Gasteiger partial charge in [-0.3, -0.25) is 4.79 Å². The van der Waals surface area contributed by atoms with E-state index >= 15 is 0 Å². The molecule has 1 aromatic heterocycles. The van der Waals surface area contributed by atoms with E-state index in [1.807, 2.05) is 43.4 Å². The van der Waals surface area contributed by atoms with Crippen molar-refractivity contribution in [1.82, 2.24) is 14.8 Å². The van der Waals surface area contributed by atoms with Crippen LogP contribution in [0.2, 0.25) is 0 Å². The SMILES string of the molecule is COc1ccc(-c2c(C(=O)NC3C[C@H]4CC[C@@H](C3)N4C)c3ccccc3n2C)cc1.Cl. The maximum Gasteiger partial charge on any atom is 0.254 e. The summed E-state index contributed by atoms with van der Waals surface area (Å²) in [4.78, 5) is 16.1. The lowest BCUT2D eigenvalue weighted by atomic mass is 9.97. The van der Waals surface area contributed by atoms with Crippen LogP contribution in [0.25, 0.3) is 22.2 Å². The van der Waals surface area contributed by atoms with Crippen LogP contribution >= 0.6 is 12.4 Å². The first kappa shape index (κ1) is 21.7. The number of carbonyl (C=O) groups excluding carboxylic acids is 1. The highest BCUT2D eigenvalue weighted by atomic mass is 35.5. The zero-order chi connectivity index (χ0) is 20.8. The molecule has 2 saturated heterocycles. The van der Waals surface area contributed by atoms with E-state index in [2.05, 4.69) is 34.0 Å². The Hall–Kier alpha value is -2.50. The third-order valence-corrected chi connectivity index (χ3v) is 7.13. The van der Waals surface area contributed by atoms with Gasteiger partial charge in [0, 0.05) is 36.1 Å². The molecule has 164 valence electrons. The van der Waals surface area contributed by atoms with Crippen LogP contribution in [0.15, 0.2) is 48.5 Å². The number of methoxy groups -OCH3 is 1. The van der Waals surface area contributed by atoms with Gasteiger partial charge in [-0.15, -0.1) is 12.4 Å². The van der Waals surface area contributed by atoms with E-state index in [-0.39, 0.29) is 24.4 Å². The molecular formula is C25H30ClN3O2. The van der Waals surface area contributed by atoms with E-state index in [1.165, 1.54) is 12.8 Å². The Kier molecular flexibility index (Phi) is 6.00. The quantitative estimate of drug-likeness (QED) is 0.644. The van der Waals surface area contributed by atoms with E-state index < -0.39 is 0 Å². The van der Waals surface area contributed by atoms with Crippen LogP contribution < -0.4 is 10.1 Å². The third kappa shape index (κ3) is 3.70. The number of benzene rings is 2. The monoisotopic (exact) mass is 439 g/mol. The van der Waals surface area contributed by atoms with Crippen molar-refractivity contribution in [3.05, 3.63) is 54.1 Å². The highest BCUT2D eigenvalue weighted by Crippen LogP contribution is 2.36. The number of rotatable bonds is 4. The molecule has 3 heterocycles. The van der Waals surface area contributed by atoms with E-state index in [9.17, 15) is 4.79 Å². The number of aromatic nitrogens is 1. The number of hydrogen-bond acceptors (Lipinski definition) is 3. The average molecular weight is 440 g/mol. The van der Waals surface area contributed by atoms with E-state index in [1.54, 1.807) is 7.11 Å². The molecule has 1 N–H and O–H groups in total. The zero-order valence-electron chi connectivity index (χ0n) is 18.3. The standard InChI is InChI=1S/C25H29N3O2.ClH/c1-27-18-10-11-19(27)15-17(14-18)26-25(29)23-21-6-4-5-7-22(21)28(2)24(23)16-8-12-20(30-3)13-9-16;/h4-9,12-13,17-19H,10-11,14-15H2,1-3H3,(H,26,29);1H/t17?,18-,19+;. The van der Waals surface area contributed by atoms with Crippen LogP contribution in [-0.4, -0.2) is 47.7 Å². The molecule has 3 atom stereocenters. The van der Waals surface area contributed by atoms with Gasteiger partial charge in [-0.05, 0) is 68.6 Å². The maximum atomic E-state index is 13.6. The van der Waals surface area contributed by atoms with Gasteiger partial charge in [-0.2, -0.15) is 0 Å². The molecule has 2 aliphatic rings. The fourth-order valence-corrected chi connectivity index (χ4v) is 5.50. The number of ether oxygens (including phenoxy) is 1. The summed E-state index contributed by atoms with van der Waals surface area (Å²) in [5.41, 5.74) is 3.80. The summed E-state index contributed by atoms with van der Waals surface area (Å²) >= 11 is 0. The molecule has 0 radical (unpaired) electrons. The molecule has 2 aromatic carbocycles. The number of fused-ring (bicyclic) bond motifs is 3. The smallest absolute Gasteiger partial charge is 0.254 e. The van der Waals surface area contributed by atoms with Crippen LogP contribution in [0, 0.1) is 0 Å². The highest BCUT2D eigenvalue weighted by Gasteiger charge is 2.39. The van der Waals surface area contributed by atoms with Gasteiger partial charge < -0.3 is 19.5 Å². The number of para-hydroxylation sites is 1. The summed E-state index contributed by atoms with van der Waals surface area (Å²) in [7, 11) is 5.93. The maximum absolute atomic E-state index is 13.6. The van der Waals surface area contributed by atoms with Gasteiger partial charge >= 0.3 is 0 Å². The van der Waals surface area contributed by atoms with Gasteiger partial charge in [0.15, 0.2) is 0 Å². The minimum Gasteiger partial charge on any atom is -0.497 e. The topological polar surface area (TPSA) is 46.5 Å². The summed E-state index contributed by atoms with van der Waals surface area (Å²) in [6.07, 6.45) is 4.58. The Morgan fingerprint density at radius 3 is 2.29 bits per heavy atom. The number of nitrogens with zero attached hydrogens (tertiary/aromatic N) is 2. The number of carbonyl (C=O) groups is 1. The molecule has 2 bridgehead atoms. The number of nitrogens with one attached hydrogen (secondary N) is 1. The second-order valence-corrected chi connectivity index (χ2v) is 8.72. The minimum atomic E-state index is 0. The van der Waals surface area contributed by atoms with Crippen LogP contribution in [0.5, 0.6) is 5.75 Å². The zero-order valence-corrected chi connectivity index (χ0v) is 19.1. The predicted molar refractivity (Wildman–Crippen MR) is 127 cm³/mol. The Bertz CT molecular complexity index is 1080. The predicted octanol–water partition coefficient (Wildman–Crippen LogP) is 4.63. The van der Waals surface area contributed by atoms with Crippen LogP contribution in [0.3, 0.4) is 0 Å². The van der Waals surface area contributed by atoms with Crippen LogP contribution in [-0.2, 0) is 7.05 Å². The first-order chi connectivity index (χ1) is 14.6. The highest BCUT2D eigenvalue weighted by molar-refractivity contribution is 6.12. The van der Waals surface area contributed by atoms with Crippen LogP contribution in [0.4, 0.5) is 0 Å². The second kappa shape index (κ2) is 8.56. The Balaban J connectivity index is 0.00000231. The summed E-state index contributed by atoms with van der Waals surface area (Å²) < 4.78 is 7.45. The molecule has 6 heteroatoms. The van der Waals surface area contributed by atoms with Crippen LogP contribution in [0.1, 0.15) is 36.0 Å². The first-order valence-electron chi connectivity index (χ1n) is 10.8. The number of halogens is 1. The lowest BCUT2D eigenvalue weighted by molar-refractivity contribution is 0.0884. The summed E-state index contributed by atoms with van der Waals surface area (Å²) in [5.74, 6) is 0.844. The van der Waals surface area contributed by atoms with Crippen molar-refractivity contribution in [3.8, 4) is 17.0 Å². The summed E-state index contributed by atoms with van der Waals surface area (Å²) in [6.45, 7) is 0. The summed E-state index contributed by atoms with van der Waals surface area (Å²) in [5, 5.41) is 4.39. The molecule has 1 amide bonds. The molecule has 0 aliphatic carbocycles. The largest absolute Gasteiger partial charge is 0.497 e. The number of hydrogen-bond donors (Lipinski definition) is 1. The van der Waals surface area contributed by atoms with E-state index in [4.69, 9.17) is 4.74 Å². The van der Waals surface area contributed by atoms with Crippen molar-refractivity contribution in [2.45, 2.75) is 43.8 Å². The molecule has 1 unspecified atom stereocenters. The van der Waals surface area contributed by atoms with Crippen molar-refractivity contribution >= 4 is 29.2 Å².